The van der Waals surface area contributed by atoms with Gasteiger partial charge in [0.05, 0.1) is 6.61 Å². The summed E-state index contributed by atoms with van der Waals surface area (Å²) in [5, 5.41) is 0. The highest BCUT2D eigenvalue weighted by molar-refractivity contribution is 5.26. The summed E-state index contributed by atoms with van der Waals surface area (Å²) in [6.45, 7) is 10.6. The Labute approximate surface area is 93.5 Å². The van der Waals surface area contributed by atoms with E-state index in [1.54, 1.807) is 0 Å². The molecule has 0 aliphatic heterocycles. The van der Waals surface area contributed by atoms with Crippen LogP contribution in [-0.2, 0) is 4.74 Å². The van der Waals surface area contributed by atoms with E-state index in [0.29, 0.717) is 0 Å². The summed E-state index contributed by atoms with van der Waals surface area (Å²) in [4.78, 5) is 0. The van der Waals surface area contributed by atoms with E-state index in [0.717, 1.165) is 30.6 Å². The average Bonchev–Trinajstić information content (AvgIpc) is 2.98. The molecule has 2 atom stereocenters. The van der Waals surface area contributed by atoms with Gasteiger partial charge >= 0.3 is 0 Å². The van der Waals surface area contributed by atoms with Gasteiger partial charge in [0.25, 0.3) is 0 Å². The van der Waals surface area contributed by atoms with E-state index < -0.39 is 0 Å². The van der Waals surface area contributed by atoms with Crippen molar-refractivity contribution in [3.63, 3.8) is 0 Å². The van der Waals surface area contributed by atoms with Gasteiger partial charge in [-0.1, -0.05) is 25.5 Å². The van der Waals surface area contributed by atoms with Gasteiger partial charge in [-0.25, -0.2) is 0 Å². The van der Waals surface area contributed by atoms with Crippen LogP contribution in [0.1, 0.15) is 33.6 Å². The van der Waals surface area contributed by atoms with E-state index in [9.17, 15) is 0 Å². The van der Waals surface area contributed by atoms with Gasteiger partial charge in [0.2, 0.25) is 0 Å². The molecular weight excluding hydrogens is 184 g/mol. The second-order valence-electron chi connectivity index (χ2n) is 4.05. The van der Waals surface area contributed by atoms with Crippen molar-refractivity contribution in [1.29, 1.82) is 0 Å². The Kier molecular flexibility index (Phi) is 4.67. The first kappa shape index (κ1) is 12.1. The predicted molar refractivity (Wildman–Crippen MR) is 65.6 cm³/mol. The number of allylic oxidation sites excluding steroid dienone is 3. The number of hydrogen-bond donors (Lipinski definition) is 0. The molecule has 0 aromatic carbocycles. The number of fused-ring (bicyclic) bond motifs is 1. The Bertz CT molecular complexity index is 273. The smallest absolute Gasteiger partial charge is 0.115 e. The molecule has 0 radical (unpaired) electrons. The SMILES string of the molecule is C=C(C)CCOC1=CC2CC2C=C1.CC. The van der Waals surface area contributed by atoms with E-state index in [1.807, 2.05) is 20.8 Å². The molecule has 0 N–H and O–H groups in total. The Morgan fingerprint density at radius 1 is 1.47 bits per heavy atom. The zero-order valence-corrected chi connectivity index (χ0v) is 10.1. The first-order chi connectivity index (χ1) is 7.25. The van der Waals surface area contributed by atoms with E-state index in [-0.39, 0.29) is 0 Å². The summed E-state index contributed by atoms with van der Waals surface area (Å²) in [5.41, 5.74) is 1.18. The van der Waals surface area contributed by atoms with E-state index >= 15 is 0 Å². The van der Waals surface area contributed by atoms with Gasteiger partial charge in [-0.05, 0) is 37.3 Å². The average molecular weight is 206 g/mol. The van der Waals surface area contributed by atoms with Crippen LogP contribution in [0.15, 0.2) is 36.1 Å². The van der Waals surface area contributed by atoms with Crippen molar-refractivity contribution in [2.45, 2.75) is 33.6 Å². The van der Waals surface area contributed by atoms with Crippen molar-refractivity contribution in [2.75, 3.05) is 6.61 Å². The fourth-order valence-corrected chi connectivity index (χ4v) is 1.57. The highest BCUT2D eigenvalue weighted by atomic mass is 16.5. The lowest BCUT2D eigenvalue weighted by atomic mass is 10.2. The lowest BCUT2D eigenvalue weighted by Gasteiger charge is -2.08. The molecular formula is C14H22O. The molecule has 2 aliphatic carbocycles. The van der Waals surface area contributed by atoms with Crippen LogP contribution < -0.4 is 0 Å². The van der Waals surface area contributed by atoms with E-state index in [2.05, 4.69) is 24.8 Å². The lowest BCUT2D eigenvalue weighted by molar-refractivity contribution is 0.225. The molecule has 0 heterocycles. The molecule has 15 heavy (non-hydrogen) atoms. The summed E-state index contributed by atoms with van der Waals surface area (Å²) in [5.74, 6) is 2.67. The van der Waals surface area contributed by atoms with Crippen LogP contribution in [0.5, 0.6) is 0 Å². The number of hydrogen-bond acceptors (Lipinski definition) is 1. The van der Waals surface area contributed by atoms with Gasteiger partial charge in [0.1, 0.15) is 5.76 Å². The first-order valence-electron chi connectivity index (χ1n) is 5.93. The van der Waals surface area contributed by atoms with Crippen LogP contribution in [0.2, 0.25) is 0 Å². The molecule has 2 unspecified atom stereocenters. The van der Waals surface area contributed by atoms with Gasteiger partial charge in [-0.2, -0.15) is 0 Å². The maximum Gasteiger partial charge on any atom is 0.115 e. The van der Waals surface area contributed by atoms with Crippen molar-refractivity contribution < 1.29 is 4.74 Å². The number of ether oxygens (including phenoxy) is 1. The van der Waals surface area contributed by atoms with Gasteiger partial charge < -0.3 is 4.74 Å². The summed E-state index contributed by atoms with van der Waals surface area (Å²) >= 11 is 0. The van der Waals surface area contributed by atoms with Gasteiger partial charge in [0, 0.05) is 6.42 Å². The minimum Gasteiger partial charge on any atom is -0.494 e. The molecule has 1 fully saturated rings. The minimum atomic E-state index is 0.767. The normalized spacial score (nSPS) is 25.7. The molecule has 84 valence electrons. The van der Waals surface area contributed by atoms with Crippen LogP contribution in [0.25, 0.3) is 0 Å². The monoisotopic (exact) mass is 206 g/mol. The number of rotatable bonds is 4. The Balaban J connectivity index is 0.000000531. The Morgan fingerprint density at radius 3 is 2.80 bits per heavy atom. The third-order valence-electron chi connectivity index (χ3n) is 2.57. The molecule has 0 aromatic heterocycles. The highest BCUT2D eigenvalue weighted by Gasteiger charge is 2.35. The van der Waals surface area contributed by atoms with Gasteiger partial charge in [-0.15, -0.1) is 6.58 Å². The second-order valence-corrected chi connectivity index (χ2v) is 4.05. The summed E-state index contributed by atoms with van der Waals surface area (Å²) in [6, 6.07) is 0. The molecule has 1 saturated carbocycles. The molecule has 0 saturated heterocycles. The Morgan fingerprint density at radius 2 is 2.20 bits per heavy atom. The van der Waals surface area contributed by atoms with Crippen LogP contribution in [0.3, 0.4) is 0 Å². The third kappa shape index (κ3) is 3.94. The molecule has 2 aliphatic rings. The predicted octanol–water partition coefficient (Wildman–Crippen LogP) is 4.09. The van der Waals surface area contributed by atoms with Crippen molar-refractivity contribution in [3.8, 4) is 0 Å². The fourth-order valence-electron chi connectivity index (χ4n) is 1.57. The summed E-state index contributed by atoms with van der Waals surface area (Å²) in [6.07, 6.45) is 8.90. The second kappa shape index (κ2) is 5.79. The van der Waals surface area contributed by atoms with Crippen molar-refractivity contribution in [3.05, 3.63) is 36.1 Å². The zero-order chi connectivity index (χ0) is 11.3. The summed E-state index contributed by atoms with van der Waals surface area (Å²) < 4.78 is 5.60. The molecule has 0 bridgehead atoms. The molecule has 0 spiro atoms. The minimum absolute atomic E-state index is 0.767. The maximum atomic E-state index is 5.60. The zero-order valence-electron chi connectivity index (χ0n) is 10.1. The molecule has 1 nitrogen and oxygen atoms in total. The van der Waals surface area contributed by atoms with E-state index in [1.165, 1.54) is 12.0 Å². The fraction of sp³-hybridized carbons (Fsp3) is 0.571. The lowest BCUT2D eigenvalue weighted by Crippen LogP contribution is -1.96. The van der Waals surface area contributed by atoms with Gasteiger partial charge in [-0.3, -0.25) is 0 Å². The van der Waals surface area contributed by atoms with Crippen LogP contribution >= 0.6 is 0 Å². The largest absolute Gasteiger partial charge is 0.494 e. The van der Waals surface area contributed by atoms with Crippen molar-refractivity contribution in [1.82, 2.24) is 0 Å². The van der Waals surface area contributed by atoms with Gasteiger partial charge in [0.15, 0.2) is 0 Å². The third-order valence-corrected chi connectivity index (χ3v) is 2.57. The van der Waals surface area contributed by atoms with Crippen molar-refractivity contribution in [2.24, 2.45) is 11.8 Å². The molecule has 0 aromatic rings. The van der Waals surface area contributed by atoms with E-state index in [4.69, 9.17) is 4.74 Å². The van der Waals surface area contributed by atoms with Crippen LogP contribution in [-0.4, -0.2) is 6.61 Å². The molecule has 1 heteroatoms. The summed E-state index contributed by atoms with van der Waals surface area (Å²) in [7, 11) is 0. The molecule has 2 rings (SSSR count). The topological polar surface area (TPSA) is 9.23 Å². The van der Waals surface area contributed by atoms with Crippen molar-refractivity contribution >= 4 is 0 Å². The van der Waals surface area contributed by atoms with Crippen LogP contribution in [0, 0.1) is 11.8 Å². The standard InChI is InChI=1S/C12H16O.C2H6/c1-9(2)5-6-13-12-4-3-10-7-11(10)8-12;1-2/h3-4,8,10-11H,1,5-7H2,2H3;1-2H3. The molecule has 0 amide bonds. The first-order valence-corrected chi connectivity index (χ1v) is 5.93. The maximum absolute atomic E-state index is 5.60. The Hall–Kier alpha value is -0.980. The quantitative estimate of drug-likeness (QED) is 0.630. The van der Waals surface area contributed by atoms with Crippen LogP contribution in [0.4, 0.5) is 0 Å². The highest BCUT2D eigenvalue weighted by Crippen LogP contribution is 2.44.